The third-order valence-electron chi connectivity index (χ3n) is 5.73. The Balaban J connectivity index is 1.44. The molecule has 0 spiro atoms. The SMILES string of the molecule is Cc1nc(NC(C)c2cccc(-c3cnccc3Cl)c2)cc(-c2ccc3occ(C)c3c2)n1. The van der Waals surface area contributed by atoms with E-state index in [0.29, 0.717) is 10.8 Å². The standard InChI is InChI=1S/C27H23ClN4O/c1-16-15-33-26-8-7-21(12-22(16)26)25-13-27(32-18(3)31-25)30-17(2)19-5-4-6-20(11-19)23-14-29-10-9-24(23)28/h4-15,17H,1-3H3,(H,30,31,32). The van der Waals surface area contributed by atoms with Crippen LogP contribution < -0.4 is 5.32 Å². The fraction of sp³-hybridized carbons (Fsp3) is 0.148. The van der Waals surface area contributed by atoms with Crippen LogP contribution in [0, 0.1) is 13.8 Å². The second-order valence-electron chi connectivity index (χ2n) is 8.16. The van der Waals surface area contributed by atoms with Crippen molar-refractivity contribution in [1.82, 2.24) is 15.0 Å². The van der Waals surface area contributed by atoms with Gasteiger partial charge in [-0.2, -0.15) is 0 Å². The Morgan fingerprint density at radius 3 is 2.70 bits per heavy atom. The van der Waals surface area contributed by atoms with E-state index in [0.717, 1.165) is 50.3 Å². The first-order chi connectivity index (χ1) is 16.0. The predicted molar refractivity (Wildman–Crippen MR) is 133 cm³/mol. The van der Waals surface area contributed by atoms with E-state index in [4.69, 9.17) is 16.0 Å². The first kappa shape index (κ1) is 21.2. The van der Waals surface area contributed by atoms with Crippen LogP contribution in [-0.2, 0) is 0 Å². The largest absolute Gasteiger partial charge is 0.464 e. The van der Waals surface area contributed by atoms with Gasteiger partial charge in [0.15, 0.2) is 0 Å². The first-order valence-electron chi connectivity index (χ1n) is 10.8. The maximum Gasteiger partial charge on any atom is 0.134 e. The number of nitrogens with zero attached hydrogens (tertiary/aromatic N) is 3. The Morgan fingerprint density at radius 1 is 0.970 bits per heavy atom. The Labute approximate surface area is 197 Å². The van der Waals surface area contributed by atoms with Gasteiger partial charge in [0.25, 0.3) is 0 Å². The Bertz CT molecular complexity index is 1460. The lowest BCUT2D eigenvalue weighted by atomic mass is 10.0. The van der Waals surface area contributed by atoms with E-state index in [9.17, 15) is 0 Å². The number of anilines is 1. The van der Waals surface area contributed by atoms with Crippen molar-refractivity contribution in [3.05, 3.63) is 95.2 Å². The molecule has 164 valence electrons. The van der Waals surface area contributed by atoms with Crippen LogP contribution in [0.4, 0.5) is 5.82 Å². The molecule has 1 N–H and O–H groups in total. The van der Waals surface area contributed by atoms with Crippen LogP contribution in [0.2, 0.25) is 5.02 Å². The second-order valence-corrected chi connectivity index (χ2v) is 8.57. The summed E-state index contributed by atoms with van der Waals surface area (Å²) < 4.78 is 5.58. The summed E-state index contributed by atoms with van der Waals surface area (Å²) in [5.41, 5.74) is 6.96. The molecule has 1 atom stereocenters. The van der Waals surface area contributed by atoms with Gasteiger partial charge < -0.3 is 9.73 Å². The van der Waals surface area contributed by atoms with Crippen LogP contribution in [-0.4, -0.2) is 15.0 Å². The van der Waals surface area contributed by atoms with E-state index in [2.05, 4.69) is 45.4 Å². The quantitative estimate of drug-likeness (QED) is 0.300. The third kappa shape index (κ3) is 4.32. The number of pyridine rings is 1. The average Bonchev–Trinajstić information content (AvgIpc) is 3.19. The lowest BCUT2D eigenvalue weighted by molar-refractivity contribution is 0.613. The maximum absolute atomic E-state index is 6.37. The number of hydrogen-bond donors (Lipinski definition) is 1. The number of nitrogens with one attached hydrogen (secondary N) is 1. The average molecular weight is 455 g/mol. The first-order valence-corrected chi connectivity index (χ1v) is 11.2. The maximum atomic E-state index is 6.37. The van der Waals surface area contributed by atoms with Gasteiger partial charge in [0.2, 0.25) is 0 Å². The van der Waals surface area contributed by atoms with E-state index >= 15 is 0 Å². The summed E-state index contributed by atoms with van der Waals surface area (Å²) in [4.78, 5) is 13.5. The molecular weight excluding hydrogens is 432 g/mol. The van der Waals surface area contributed by atoms with Crippen molar-refractivity contribution < 1.29 is 4.42 Å². The number of halogens is 1. The van der Waals surface area contributed by atoms with Gasteiger partial charge in [-0.3, -0.25) is 4.98 Å². The molecule has 0 aliphatic heterocycles. The van der Waals surface area contributed by atoms with Crippen LogP contribution in [0.25, 0.3) is 33.4 Å². The molecule has 3 heterocycles. The zero-order chi connectivity index (χ0) is 22.9. The van der Waals surface area contributed by atoms with Gasteiger partial charge in [-0.15, -0.1) is 0 Å². The smallest absolute Gasteiger partial charge is 0.134 e. The summed E-state index contributed by atoms with van der Waals surface area (Å²) in [5, 5.41) is 5.31. The van der Waals surface area contributed by atoms with Crippen molar-refractivity contribution in [2.45, 2.75) is 26.8 Å². The van der Waals surface area contributed by atoms with Gasteiger partial charge in [-0.1, -0.05) is 29.8 Å². The van der Waals surface area contributed by atoms with Crippen molar-refractivity contribution >= 4 is 28.4 Å². The molecule has 3 aromatic heterocycles. The van der Waals surface area contributed by atoms with Crippen LogP contribution in [0.15, 0.2) is 77.7 Å². The summed E-state index contributed by atoms with van der Waals surface area (Å²) >= 11 is 6.37. The van der Waals surface area contributed by atoms with Crippen LogP contribution in [0.5, 0.6) is 0 Å². The lowest BCUT2D eigenvalue weighted by Crippen LogP contribution is -2.09. The highest BCUT2D eigenvalue weighted by Crippen LogP contribution is 2.31. The minimum Gasteiger partial charge on any atom is -0.464 e. The van der Waals surface area contributed by atoms with E-state index in [1.54, 1.807) is 24.7 Å². The highest BCUT2D eigenvalue weighted by atomic mass is 35.5. The Kier molecular flexibility index (Phi) is 5.56. The van der Waals surface area contributed by atoms with Gasteiger partial charge in [-0.25, -0.2) is 9.97 Å². The van der Waals surface area contributed by atoms with Crippen molar-refractivity contribution in [1.29, 1.82) is 0 Å². The minimum atomic E-state index is 0.0288. The van der Waals surface area contributed by atoms with Gasteiger partial charge in [0.1, 0.15) is 17.2 Å². The molecule has 0 saturated carbocycles. The van der Waals surface area contributed by atoms with E-state index in [1.807, 2.05) is 44.2 Å². The highest BCUT2D eigenvalue weighted by Gasteiger charge is 2.12. The van der Waals surface area contributed by atoms with E-state index in [-0.39, 0.29) is 6.04 Å². The summed E-state index contributed by atoms with van der Waals surface area (Å²) in [6, 6.07) is 18.2. The fourth-order valence-electron chi connectivity index (χ4n) is 3.98. The zero-order valence-electron chi connectivity index (χ0n) is 18.6. The van der Waals surface area contributed by atoms with Crippen LogP contribution in [0.1, 0.15) is 29.9 Å². The van der Waals surface area contributed by atoms with Crippen molar-refractivity contribution in [2.75, 3.05) is 5.32 Å². The van der Waals surface area contributed by atoms with Gasteiger partial charge in [0.05, 0.1) is 17.0 Å². The molecule has 2 aromatic carbocycles. The predicted octanol–water partition coefficient (Wildman–Crippen LogP) is 7.40. The number of aromatic nitrogens is 3. The molecule has 0 aliphatic rings. The number of hydrogen-bond acceptors (Lipinski definition) is 5. The molecule has 5 nitrogen and oxygen atoms in total. The highest BCUT2D eigenvalue weighted by molar-refractivity contribution is 6.33. The molecule has 5 aromatic rings. The molecule has 1 unspecified atom stereocenters. The Hall–Kier alpha value is -3.70. The minimum absolute atomic E-state index is 0.0288. The van der Waals surface area contributed by atoms with Crippen molar-refractivity contribution in [3.63, 3.8) is 0 Å². The molecule has 6 heteroatoms. The number of fused-ring (bicyclic) bond motifs is 1. The molecule has 0 radical (unpaired) electrons. The molecule has 0 fully saturated rings. The van der Waals surface area contributed by atoms with E-state index < -0.39 is 0 Å². The van der Waals surface area contributed by atoms with Crippen molar-refractivity contribution in [2.24, 2.45) is 0 Å². The zero-order valence-corrected chi connectivity index (χ0v) is 19.4. The summed E-state index contributed by atoms with van der Waals surface area (Å²) in [5.74, 6) is 1.49. The Morgan fingerprint density at radius 2 is 1.85 bits per heavy atom. The molecule has 0 bridgehead atoms. The summed E-state index contributed by atoms with van der Waals surface area (Å²) in [7, 11) is 0. The number of rotatable bonds is 5. The topological polar surface area (TPSA) is 63.8 Å². The molecular formula is C27H23ClN4O. The number of benzene rings is 2. The van der Waals surface area contributed by atoms with Crippen LogP contribution >= 0.6 is 11.6 Å². The third-order valence-corrected chi connectivity index (χ3v) is 6.06. The molecule has 0 amide bonds. The normalized spacial score (nSPS) is 12.1. The van der Waals surface area contributed by atoms with Crippen molar-refractivity contribution in [3.8, 4) is 22.4 Å². The van der Waals surface area contributed by atoms with Gasteiger partial charge in [-0.05, 0) is 67.8 Å². The number of furan rings is 1. The van der Waals surface area contributed by atoms with E-state index in [1.165, 1.54) is 0 Å². The molecule has 5 rings (SSSR count). The second kappa shape index (κ2) is 8.68. The summed E-state index contributed by atoms with van der Waals surface area (Å²) in [6.45, 7) is 6.07. The van der Waals surface area contributed by atoms with Gasteiger partial charge >= 0.3 is 0 Å². The molecule has 33 heavy (non-hydrogen) atoms. The fourth-order valence-corrected chi connectivity index (χ4v) is 4.19. The van der Waals surface area contributed by atoms with Gasteiger partial charge in [0, 0.05) is 41.0 Å². The molecule has 0 aliphatic carbocycles. The van der Waals surface area contributed by atoms with Crippen LogP contribution in [0.3, 0.4) is 0 Å². The molecule has 0 saturated heterocycles. The monoisotopic (exact) mass is 454 g/mol. The number of aryl methyl sites for hydroxylation is 2. The lowest BCUT2D eigenvalue weighted by Gasteiger charge is -2.17. The summed E-state index contributed by atoms with van der Waals surface area (Å²) in [6.07, 6.45) is 5.26.